The summed E-state index contributed by atoms with van der Waals surface area (Å²) in [6.45, 7) is 8.24. The first kappa shape index (κ1) is 41.8. The largest absolute Gasteiger partial charge is 0.415 e. The van der Waals surface area contributed by atoms with Crippen molar-refractivity contribution in [1.29, 1.82) is 5.26 Å². The summed E-state index contributed by atoms with van der Waals surface area (Å²) in [5.41, 5.74) is 9.43. The van der Waals surface area contributed by atoms with Gasteiger partial charge in [-0.2, -0.15) is 18.4 Å². The summed E-state index contributed by atoms with van der Waals surface area (Å²) in [7, 11) is 0. The number of hydrogen-bond donors (Lipinski definition) is 0. The first-order valence-electron chi connectivity index (χ1n) is 22.6. The molecule has 9 heteroatoms. The van der Waals surface area contributed by atoms with Gasteiger partial charge < -0.3 is 9.13 Å². The molecule has 330 valence electrons. The third-order valence-electron chi connectivity index (χ3n) is 13.0. The molecule has 0 bridgehead atoms. The molecular weight excluding hydrogens is 874 g/mol. The zero-order chi connectivity index (χ0) is 47.5. The smallest absolute Gasteiger partial charge is 0.309 e. The van der Waals surface area contributed by atoms with Crippen LogP contribution >= 0.6 is 0 Å². The lowest BCUT2D eigenvalue weighted by Gasteiger charge is -2.22. The minimum atomic E-state index is -4.83. The van der Waals surface area contributed by atoms with Crippen LogP contribution in [0.2, 0.25) is 0 Å². The number of rotatable bonds is 7. The summed E-state index contributed by atoms with van der Waals surface area (Å²) in [4.78, 5) is 13.7. The fraction of sp³-hybridized carbons (Fsp3) is 0.0164. The Bertz CT molecular complexity index is 4140. The van der Waals surface area contributed by atoms with E-state index in [1.54, 1.807) is 12.1 Å². The fourth-order valence-electron chi connectivity index (χ4n) is 9.90. The normalized spacial score (nSPS) is 11.6. The molecule has 0 aliphatic rings. The van der Waals surface area contributed by atoms with Crippen LogP contribution in [-0.4, -0.2) is 19.1 Å². The predicted molar refractivity (Wildman–Crippen MR) is 274 cm³/mol. The molecule has 8 aromatic carbocycles. The molecule has 4 heterocycles. The fourth-order valence-corrected chi connectivity index (χ4v) is 9.90. The molecule has 70 heavy (non-hydrogen) atoms. The summed E-state index contributed by atoms with van der Waals surface area (Å²) in [5.74, 6) is 0. The van der Waals surface area contributed by atoms with Gasteiger partial charge in [0.25, 0.3) is 0 Å². The van der Waals surface area contributed by atoms with E-state index in [9.17, 15) is 5.26 Å². The molecule has 0 fully saturated rings. The van der Waals surface area contributed by atoms with Crippen molar-refractivity contribution in [3.05, 3.63) is 235 Å². The zero-order valence-corrected chi connectivity index (χ0v) is 37.0. The molecule has 0 N–H and O–H groups in total. The van der Waals surface area contributed by atoms with Gasteiger partial charge >= 0.3 is 6.18 Å². The third kappa shape index (κ3) is 6.96. The van der Waals surface area contributed by atoms with Crippen LogP contribution < -0.4 is 0 Å². The van der Waals surface area contributed by atoms with E-state index in [2.05, 4.69) is 23.0 Å². The maximum absolute atomic E-state index is 15.4. The standard InChI is InChI=1S/C61H35F3N6/c1-66-53-26-12-21-48(61(62,63)64)60(53)47-36-58(69-54-27-10-8-19-43(54)45-33-40(29-31-56(45)69)51-24-13-22-49(67-51)38-15-4-2-5-16-38)42(37-65)35-59(47)70-55-28-11-9-20-44(55)46-34-41(30-32-57(46)70)52-25-14-23-50(68-52)39-17-6-3-7-18-39/h2-36H. The van der Waals surface area contributed by atoms with Crippen LogP contribution in [0.25, 0.3) is 116 Å². The SMILES string of the molecule is [C-]#[N+]c1cccc(C(F)(F)F)c1-c1cc(-n2c3ccccc3c3cc(-c4cccc(-c5ccccc5)n4)ccc32)c(C#N)cc1-n1c2ccccc2c2cc(-c3cccc(-c4ccccc4)n3)ccc21. The quantitative estimate of drug-likeness (QED) is 0.150. The van der Waals surface area contributed by atoms with Gasteiger partial charge in [0.15, 0.2) is 5.69 Å². The Kier molecular flexibility index (Phi) is 9.94. The monoisotopic (exact) mass is 908 g/mol. The Morgan fingerprint density at radius 3 is 1.40 bits per heavy atom. The number of para-hydroxylation sites is 2. The Morgan fingerprint density at radius 2 is 0.900 bits per heavy atom. The first-order valence-corrected chi connectivity index (χ1v) is 22.6. The number of nitriles is 1. The predicted octanol–water partition coefficient (Wildman–Crippen LogP) is 16.4. The van der Waals surface area contributed by atoms with Crippen molar-refractivity contribution in [1.82, 2.24) is 19.1 Å². The maximum atomic E-state index is 15.4. The highest BCUT2D eigenvalue weighted by atomic mass is 19.4. The van der Waals surface area contributed by atoms with Gasteiger partial charge in [-0.15, -0.1) is 0 Å². The van der Waals surface area contributed by atoms with Crippen LogP contribution in [0.3, 0.4) is 0 Å². The number of benzene rings is 8. The Balaban J connectivity index is 1.11. The van der Waals surface area contributed by atoms with Crippen molar-refractivity contribution < 1.29 is 13.2 Å². The van der Waals surface area contributed by atoms with Crippen molar-refractivity contribution in [3.63, 3.8) is 0 Å². The van der Waals surface area contributed by atoms with Gasteiger partial charge in [0.1, 0.15) is 6.07 Å². The lowest BCUT2D eigenvalue weighted by Crippen LogP contribution is -2.09. The Hall–Kier alpha value is -9.57. The highest BCUT2D eigenvalue weighted by Gasteiger charge is 2.36. The van der Waals surface area contributed by atoms with Crippen molar-refractivity contribution in [2.24, 2.45) is 0 Å². The molecule has 0 amide bonds. The summed E-state index contributed by atoms with van der Waals surface area (Å²) in [6, 6.07) is 68.7. The van der Waals surface area contributed by atoms with Crippen molar-refractivity contribution in [3.8, 4) is 73.6 Å². The molecule has 6 nitrogen and oxygen atoms in total. The zero-order valence-electron chi connectivity index (χ0n) is 37.0. The number of pyridine rings is 2. The molecule has 0 saturated heterocycles. The molecular formula is C61H35F3N6. The number of aromatic nitrogens is 4. The third-order valence-corrected chi connectivity index (χ3v) is 13.0. The van der Waals surface area contributed by atoms with E-state index in [0.29, 0.717) is 22.4 Å². The lowest BCUT2D eigenvalue weighted by atomic mass is 9.93. The number of halogens is 3. The second-order valence-electron chi connectivity index (χ2n) is 17.0. The van der Waals surface area contributed by atoms with E-state index < -0.39 is 11.7 Å². The number of alkyl halides is 3. The minimum Gasteiger partial charge on any atom is -0.309 e. The maximum Gasteiger partial charge on any atom is 0.415 e. The number of hydrogen-bond acceptors (Lipinski definition) is 3. The topological polar surface area (TPSA) is 63.8 Å². The van der Waals surface area contributed by atoms with Gasteiger partial charge in [0.05, 0.1) is 73.9 Å². The van der Waals surface area contributed by atoms with Crippen LogP contribution in [0.5, 0.6) is 0 Å². The molecule has 0 aliphatic heterocycles. The van der Waals surface area contributed by atoms with Gasteiger partial charge in [-0.05, 0) is 78.4 Å². The molecule has 0 atom stereocenters. The van der Waals surface area contributed by atoms with Crippen LogP contribution in [0, 0.1) is 17.9 Å². The van der Waals surface area contributed by atoms with E-state index in [1.807, 2.05) is 179 Å². The Morgan fingerprint density at radius 1 is 0.443 bits per heavy atom. The molecule has 0 aliphatic carbocycles. The summed E-state index contributed by atoms with van der Waals surface area (Å²) in [5, 5.41) is 14.7. The summed E-state index contributed by atoms with van der Waals surface area (Å²) in [6.07, 6.45) is -4.83. The average Bonchev–Trinajstić information content (AvgIpc) is 3.92. The summed E-state index contributed by atoms with van der Waals surface area (Å²) >= 11 is 0. The van der Waals surface area contributed by atoms with Gasteiger partial charge in [-0.1, -0.05) is 140 Å². The van der Waals surface area contributed by atoms with Crippen molar-refractivity contribution >= 4 is 49.3 Å². The van der Waals surface area contributed by atoms with Crippen LogP contribution in [0.4, 0.5) is 18.9 Å². The molecule has 0 radical (unpaired) electrons. The molecule has 0 saturated carbocycles. The molecule has 12 rings (SSSR count). The van der Waals surface area contributed by atoms with E-state index in [-0.39, 0.29) is 22.4 Å². The number of fused-ring (bicyclic) bond motifs is 6. The van der Waals surface area contributed by atoms with Crippen LogP contribution in [0.1, 0.15) is 11.1 Å². The van der Waals surface area contributed by atoms with Gasteiger partial charge in [-0.3, -0.25) is 0 Å². The van der Waals surface area contributed by atoms with Crippen LogP contribution in [0.15, 0.2) is 212 Å². The molecule has 4 aromatic heterocycles. The summed E-state index contributed by atoms with van der Waals surface area (Å²) < 4.78 is 50.1. The molecule has 0 unspecified atom stereocenters. The Labute approximate surface area is 399 Å². The second kappa shape index (κ2) is 16.6. The van der Waals surface area contributed by atoms with Gasteiger partial charge in [0.2, 0.25) is 0 Å². The highest BCUT2D eigenvalue weighted by molar-refractivity contribution is 6.13. The van der Waals surface area contributed by atoms with Gasteiger partial charge in [-0.25, -0.2) is 14.8 Å². The molecule has 0 spiro atoms. The van der Waals surface area contributed by atoms with Crippen LogP contribution in [-0.2, 0) is 6.18 Å². The van der Waals surface area contributed by atoms with E-state index >= 15 is 13.2 Å². The number of nitrogens with zero attached hydrogens (tertiary/aromatic N) is 6. The van der Waals surface area contributed by atoms with E-state index in [4.69, 9.17) is 16.5 Å². The second-order valence-corrected chi connectivity index (χ2v) is 17.0. The van der Waals surface area contributed by atoms with Crippen molar-refractivity contribution in [2.75, 3.05) is 0 Å². The lowest BCUT2D eigenvalue weighted by molar-refractivity contribution is -0.137. The van der Waals surface area contributed by atoms with Crippen molar-refractivity contribution in [2.45, 2.75) is 6.18 Å². The molecule has 12 aromatic rings. The van der Waals surface area contributed by atoms with Gasteiger partial charge in [0, 0.05) is 49.4 Å². The van der Waals surface area contributed by atoms with E-state index in [1.165, 1.54) is 12.1 Å². The highest BCUT2D eigenvalue weighted by Crippen LogP contribution is 2.48. The van der Waals surface area contributed by atoms with E-state index in [0.717, 1.165) is 83.7 Å². The first-order chi connectivity index (χ1) is 34.3. The average molecular weight is 909 g/mol. The minimum absolute atomic E-state index is 0.140.